The van der Waals surface area contributed by atoms with Gasteiger partial charge in [0.25, 0.3) is 0 Å². The van der Waals surface area contributed by atoms with E-state index in [0.717, 1.165) is 34.8 Å². The Bertz CT molecular complexity index is 2780. The zero-order valence-corrected chi connectivity index (χ0v) is 31.5. The van der Waals surface area contributed by atoms with Crippen LogP contribution >= 0.6 is 0 Å². The number of rotatable bonds is 6. The van der Waals surface area contributed by atoms with Crippen molar-refractivity contribution in [2.24, 2.45) is 17.3 Å². The van der Waals surface area contributed by atoms with Crippen LogP contribution in [-0.4, -0.2) is 0 Å². The van der Waals surface area contributed by atoms with E-state index in [4.69, 9.17) is 0 Å². The first-order valence-electron chi connectivity index (χ1n) is 20.6. The molecule has 2 bridgehead atoms. The van der Waals surface area contributed by atoms with Gasteiger partial charge in [-0.15, -0.1) is 0 Å². The lowest BCUT2D eigenvalue weighted by Crippen LogP contribution is -2.58. The first kappa shape index (κ1) is 32.1. The Hall–Kier alpha value is -6.18. The highest BCUT2D eigenvalue weighted by Gasteiger charge is 2.70. The van der Waals surface area contributed by atoms with Gasteiger partial charge < -0.3 is 4.90 Å². The van der Waals surface area contributed by atoms with E-state index in [-0.39, 0.29) is 0 Å². The van der Waals surface area contributed by atoms with E-state index in [0.29, 0.717) is 11.3 Å². The second-order valence-corrected chi connectivity index (χ2v) is 16.9. The fraction of sp³-hybridized carbons (Fsp3) is 0.164. The quantitative estimate of drug-likeness (QED) is 0.166. The fourth-order valence-corrected chi connectivity index (χ4v) is 11.8. The number of benzene rings is 8. The lowest BCUT2D eigenvalue weighted by molar-refractivity contribution is -0.144. The monoisotopic (exact) mass is 717 g/mol. The molecule has 0 aliphatic heterocycles. The molecule has 1 nitrogen and oxygen atoms in total. The van der Waals surface area contributed by atoms with Crippen LogP contribution in [0.4, 0.5) is 17.1 Å². The molecule has 0 heterocycles. The molecule has 0 radical (unpaired) electrons. The molecule has 4 aliphatic rings. The van der Waals surface area contributed by atoms with Crippen molar-refractivity contribution in [2.75, 3.05) is 4.90 Å². The summed E-state index contributed by atoms with van der Waals surface area (Å²) in [5.74, 6) is 3.27. The topological polar surface area (TPSA) is 3.24 Å². The minimum absolute atomic E-state index is 0.548. The van der Waals surface area contributed by atoms with Crippen LogP contribution in [0.2, 0.25) is 0 Å². The predicted octanol–water partition coefficient (Wildman–Crippen LogP) is 15.0. The lowest BCUT2D eigenvalue weighted by atomic mass is 9.37. The van der Waals surface area contributed by atoms with Gasteiger partial charge in [-0.25, -0.2) is 0 Å². The van der Waals surface area contributed by atoms with E-state index in [1.807, 2.05) is 0 Å². The van der Waals surface area contributed by atoms with Crippen LogP contribution in [-0.2, 0) is 0 Å². The van der Waals surface area contributed by atoms with Crippen molar-refractivity contribution < 1.29 is 0 Å². The van der Waals surface area contributed by atoms with Gasteiger partial charge in [0.05, 0.1) is 5.69 Å². The van der Waals surface area contributed by atoms with Crippen LogP contribution in [0.25, 0.3) is 55.3 Å². The molecule has 56 heavy (non-hydrogen) atoms. The van der Waals surface area contributed by atoms with Gasteiger partial charge in [-0.05, 0) is 152 Å². The van der Waals surface area contributed by atoms with E-state index >= 15 is 0 Å². The summed E-state index contributed by atoms with van der Waals surface area (Å²) in [4.78, 5) is 2.43. The van der Waals surface area contributed by atoms with Gasteiger partial charge in [0.2, 0.25) is 0 Å². The highest BCUT2D eigenvalue weighted by atomic mass is 15.1. The normalized spacial score (nSPS) is 22.4. The lowest BCUT2D eigenvalue weighted by Gasteiger charge is -2.67. The summed E-state index contributed by atoms with van der Waals surface area (Å²) in [7, 11) is 0. The maximum atomic E-state index is 2.58. The van der Waals surface area contributed by atoms with Crippen molar-refractivity contribution in [3.8, 4) is 44.5 Å². The molecule has 1 spiro atoms. The van der Waals surface area contributed by atoms with Gasteiger partial charge in [0.1, 0.15) is 0 Å². The smallest absolute Gasteiger partial charge is 0.0540 e. The first-order valence-corrected chi connectivity index (χ1v) is 20.6. The molecule has 5 unspecified atom stereocenters. The summed E-state index contributed by atoms with van der Waals surface area (Å²) in [5, 5.41) is 2.53. The molecule has 12 rings (SSSR count). The molecule has 268 valence electrons. The molecular formula is C55H43N. The Morgan fingerprint density at radius 1 is 0.393 bits per heavy atom. The first-order chi connectivity index (χ1) is 27.7. The number of fused-ring (bicyclic) bond motifs is 7. The van der Waals surface area contributed by atoms with Crippen molar-refractivity contribution >= 4 is 27.8 Å². The van der Waals surface area contributed by atoms with E-state index in [1.54, 1.807) is 11.1 Å². The minimum atomic E-state index is 0.548. The molecule has 5 atom stereocenters. The van der Waals surface area contributed by atoms with Crippen LogP contribution in [0.5, 0.6) is 0 Å². The van der Waals surface area contributed by atoms with E-state index in [1.165, 1.54) is 81.0 Å². The Kier molecular flexibility index (Phi) is 7.12. The summed E-state index contributed by atoms with van der Waals surface area (Å²) in [6.07, 6.45) is 5.62. The maximum absolute atomic E-state index is 2.58. The second kappa shape index (κ2) is 12.4. The fourth-order valence-electron chi connectivity index (χ4n) is 11.8. The van der Waals surface area contributed by atoms with Crippen LogP contribution in [0.3, 0.4) is 0 Å². The highest BCUT2D eigenvalue weighted by molar-refractivity contribution is 5.90. The molecular weight excluding hydrogens is 675 g/mol. The van der Waals surface area contributed by atoms with E-state index in [9.17, 15) is 0 Å². The van der Waals surface area contributed by atoms with Gasteiger partial charge in [0.15, 0.2) is 0 Å². The van der Waals surface area contributed by atoms with Gasteiger partial charge in [-0.2, -0.15) is 0 Å². The molecule has 4 aliphatic carbocycles. The summed E-state index contributed by atoms with van der Waals surface area (Å²) in [6, 6.07) is 70.1. The summed E-state index contributed by atoms with van der Waals surface area (Å²) >= 11 is 0. The standard InChI is InChI=1S/C55H43N/c1-2-11-39(12-3-1)49-15-8-9-17-54(49)56(46-25-20-37(21-26-46)41-19-18-36-10-4-5-13-40(36)30-41)47-27-22-38(23-28-47)42-24-29-51-50-16-7-6-14-48(50)43-31-44-33-45-34-53(52(51)32-42)55(44,45)35-43/h1-30,32,43-45,53H,31,33-35H2. The average molecular weight is 718 g/mol. The van der Waals surface area contributed by atoms with Crippen LogP contribution in [0, 0.1) is 17.3 Å². The summed E-state index contributed by atoms with van der Waals surface area (Å²) in [5.41, 5.74) is 17.6. The van der Waals surface area contributed by atoms with Gasteiger partial charge in [-0.3, -0.25) is 0 Å². The molecule has 8 aromatic carbocycles. The zero-order valence-electron chi connectivity index (χ0n) is 31.5. The number of anilines is 3. The van der Waals surface area contributed by atoms with Gasteiger partial charge in [0, 0.05) is 16.9 Å². The largest absolute Gasteiger partial charge is 0.310 e. The second-order valence-electron chi connectivity index (χ2n) is 16.9. The third kappa shape index (κ3) is 4.80. The summed E-state index contributed by atoms with van der Waals surface area (Å²) < 4.78 is 0. The molecule has 0 aromatic heterocycles. The average Bonchev–Trinajstić information content (AvgIpc) is 3.63. The Labute approximate surface area is 329 Å². The molecule has 0 N–H and O–H groups in total. The van der Waals surface area contributed by atoms with Crippen LogP contribution in [0.1, 0.15) is 48.6 Å². The Morgan fingerprint density at radius 2 is 0.982 bits per heavy atom. The Balaban J connectivity index is 0.942. The van der Waals surface area contributed by atoms with Gasteiger partial charge in [-0.1, -0.05) is 152 Å². The number of nitrogens with zero attached hydrogens (tertiary/aromatic N) is 1. The molecule has 8 aromatic rings. The van der Waals surface area contributed by atoms with Crippen molar-refractivity contribution in [2.45, 2.75) is 37.5 Å². The zero-order chi connectivity index (χ0) is 36.8. The molecule has 0 saturated heterocycles. The van der Waals surface area contributed by atoms with Crippen molar-refractivity contribution in [1.29, 1.82) is 0 Å². The SMILES string of the molecule is c1ccc(-c2ccccc2N(c2ccc(-c3ccc4c(c3)C3CC5CC6CC(CC653)c3ccccc3-4)cc2)c2ccc(-c3ccc4ccccc4c3)cc2)cc1. The van der Waals surface area contributed by atoms with Gasteiger partial charge >= 0.3 is 0 Å². The minimum Gasteiger partial charge on any atom is -0.310 e. The molecule has 3 saturated carbocycles. The third-order valence-corrected chi connectivity index (χ3v) is 14.4. The third-order valence-electron chi connectivity index (χ3n) is 14.4. The number of para-hydroxylation sites is 1. The van der Waals surface area contributed by atoms with Crippen LogP contribution < -0.4 is 4.90 Å². The van der Waals surface area contributed by atoms with Crippen LogP contribution in [0.15, 0.2) is 188 Å². The summed E-state index contributed by atoms with van der Waals surface area (Å²) in [6.45, 7) is 0. The number of hydrogen-bond acceptors (Lipinski definition) is 1. The van der Waals surface area contributed by atoms with E-state index in [2.05, 4.69) is 193 Å². The number of hydrogen-bond donors (Lipinski definition) is 0. The highest BCUT2D eigenvalue weighted by Crippen LogP contribution is 2.80. The Morgan fingerprint density at radius 3 is 1.75 bits per heavy atom. The molecule has 1 heteroatoms. The molecule has 3 fully saturated rings. The maximum Gasteiger partial charge on any atom is 0.0540 e. The van der Waals surface area contributed by atoms with Crippen molar-refractivity contribution in [3.05, 3.63) is 199 Å². The van der Waals surface area contributed by atoms with Crippen molar-refractivity contribution in [1.82, 2.24) is 0 Å². The molecule has 0 amide bonds. The predicted molar refractivity (Wildman–Crippen MR) is 234 cm³/mol. The van der Waals surface area contributed by atoms with E-state index < -0.39 is 0 Å². The van der Waals surface area contributed by atoms with Crippen molar-refractivity contribution in [3.63, 3.8) is 0 Å².